The van der Waals surface area contributed by atoms with Crippen molar-refractivity contribution in [1.29, 1.82) is 0 Å². The molecular formula is C15H11N3O2S. The zero-order valence-electron chi connectivity index (χ0n) is 10.9. The van der Waals surface area contributed by atoms with Crippen LogP contribution in [-0.2, 0) is 11.2 Å². The molecule has 0 spiro atoms. The van der Waals surface area contributed by atoms with Crippen molar-refractivity contribution in [3.63, 3.8) is 0 Å². The van der Waals surface area contributed by atoms with Crippen LogP contribution >= 0.6 is 11.3 Å². The average Bonchev–Trinajstić information content (AvgIpc) is 3.19. The molecule has 0 aliphatic heterocycles. The molecular weight excluding hydrogens is 286 g/mol. The highest BCUT2D eigenvalue weighted by Gasteiger charge is 2.20. The third-order valence-corrected chi connectivity index (χ3v) is 3.90. The summed E-state index contributed by atoms with van der Waals surface area (Å²) in [6.07, 6.45) is 1.35. The largest absolute Gasteiger partial charge is 0.290 e. The van der Waals surface area contributed by atoms with E-state index in [-0.39, 0.29) is 12.2 Å². The first-order chi connectivity index (χ1) is 10.2. The Morgan fingerprint density at radius 3 is 2.67 bits per heavy atom. The van der Waals surface area contributed by atoms with Gasteiger partial charge in [0.05, 0.1) is 0 Å². The second-order valence-electron chi connectivity index (χ2n) is 4.42. The molecule has 0 bridgehead atoms. The van der Waals surface area contributed by atoms with Gasteiger partial charge in [0.15, 0.2) is 0 Å². The van der Waals surface area contributed by atoms with Crippen LogP contribution in [0.5, 0.6) is 0 Å². The first-order valence-corrected chi connectivity index (χ1v) is 7.18. The number of nitrogens with zero attached hydrogens (tertiary/aromatic N) is 2. The fraction of sp³-hybridized carbons (Fsp3) is 0.0667. The van der Waals surface area contributed by atoms with E-state index in [9.17, 15) is 9.59 Å². The molecule has 2 aromatic heterocycles. The molecule has 3 aromatic rings. The van der Waals surface area contributed by atoms with Gasteiger partial charge in [0, 0.05) is 11.3 Å². The van der Waals surface area contributed by atoms with Crippen molar-refractivity contribution < 1.29 is 9.59 Å². The summed E-state index contributed by atoms with van der Waals surface area (Å²) in [5, 5.41) is 8.03. The number of hydrogen-bond acceptors (Lipinski definition) is 5. The number of carbonyl (C=O) groups is 2. The summed E-state index contributed by atoms with van der Waals surface area (Å²) in [4.78, 5) is 28.3. The number of benzene rings is 1. The number of aromatic nitrogens is 3. The van der Waals surface area contributed by atoms with Crippen molar-refractivity contribution in [3.05, 3.63) is 58.8 Å². The van der Waals surface area contributed by atoms with Crippen LogP contribution < -0.4 is 0 Å². The molecule has 5 nitrogen and oxygen atoms in total. The van der Waals surface area contributed by atoms with Crippen LogP contribution in [0, 0.1) is 0 Å². The van der Waals surface area contributed by atoms with Gasteiger partial charge >= 0.3 is 0 Å². The lowest BCUT2D eigenvalue weighted by atomic mass is 10.1. The maximum Gasteiger partial charge on any atom is 0.267 e. The third kappa shape index (κ3) is 2.95. The van der Waals surface area contributed by atoms with E-state index < -0.39 is 11.6 Å². The summed E-state index contributed by atoms with van der Waals surface area (Å²) >= 11 is 1.47. The molecule has 3 rings (SSSR count). The van der Waals surface area contributed by atoms with Crippen molar-refractivity contribution >= 4 is 22.9 Å². The van der Waals surface area contributed by atoms with E-state index >= 15 is 0 Å². The molecule has 2 heterocycles. The number of thiophene rings is 1. The van der Waals surface area contributed by atoms with Gasteiger partial charge in [-0.1, -0.05) is 30.3 Å². The molecule has 0 unspecified atom stereocenters. The highest BCUT2D eigenvalue weighted by atomic mass is 32.1. The second kappa shape index (κ2) is 5.80. The van der Waals surface area contributed by atoms with Gasteiger partial charge in [0.2, 0.25) is 11.6 Å². The van der Waals surface area contributed by atoms with E-state index in [1.54, 1.807) is 0 Å². The Hall–Kier alpha value is -2.60. The van der Waals surface area contributed by atoms with Gasteiger partial charge in [-0.25, -0.2) is 4.98 Å². The molecule has 0 fully saturated rings. The molecule has 21 heavy (non-hydrogen) atoms. The van der Waals surface area contributed by atoms with Crippen molar-refractivity contribution in [2.24, 2.45) is 0 Å². The van der Waals surface area contributed by atoms with Gasteiger partial charge in [-0.2, -0.15) is 0 Å². The molecule has 0 atom stereocenters. The molecule has 0 saturated heterocycles. The highest BCUT2D eigenvalue weighted by molar-refractivity contribution is 7.10. The van der Waals surface area contributed by atoms with Gasteiger partial charge in [-0.05, 0) is 22.6 Å². The molecule has 1 N–H and O–H groups in total. The summed E-state index contributed by atoms with van der Waals surface area (Å²) in [6, 6.07) is 11.8. The lowest BCUT2D eigenvalue weighted by Gasteiger charge is -1.96. The summed E-state index contributed by atoms with van der Waals surface area (Å²) in [5.74, 6) is -1.25. The lowest BCUT2D eigenvalue weighted by molar-refractivity contribution is -0.114. The zero-order valence-corrected chi connectivity index (χ0v) is 11.8. The lowest BCUT2D eigenvalue weighted by Crippen LogP contribution is -2.17. The Morgan fingerprint density at radius 1 is 1.14 bits per heavy atom. The van der Waals surface area contributed by atoms with Crippen LogP contribution in [0.4, 0.5) is 0 Å². The topological polar surface area (TPSA) is 75.7 Å². The van der Waals surface area contributed by atoms with Crippen molar-refractivity contribution in [2.45, 2.75) is 6.42 Å². The third-order valence-electron chi connectivity index (χ3n) is 2.97. The van der Waals surface area contributed by atoms with Crippen molar-refractivity contribution in [2.75, 3.05) is 0 Å². The molecule has 0 aliphatic rings. The molecule has 1 aromatic carbocycles. The van der Waals surface area contributed by atoms with Gasteiger partial charge in [-0.15, -0.1) is 16.4 Å². The predicted molar refractivity (Wildman–Crippen MR) is 79.2 cm³/mol. The Balaban J connectivity index is 1.73. The number of nitrogens with one attached hydrogen (secondary N) is 1. The fourth-order valence-corrected chi connectivity index (χ4v) is 2.83. The first kappa shape index (κ1) is 13.4. The Bertz CT molecular complexity index is 763. The molecule has 0 aliphatic carbocycles. The average molecular weight is 297 g/mol. The summed E-state index contributed by atoms with van der Waals surface area (Å²) in [5.41, 5.74) is 2.14. The normalized spacial score (nSPS) is 10.5. The van der Waals surface area contributed by atoms with E-state index in [2.05, 4.69) is 15.2 Å². The molecule has 6 heteroatoms. The molecule has 0 amide bonds. The molecule has 104 valence electrons. The van der Waals surface area contributed by atoms with Crippen LogP contribution in [0.3, 0.4) is 0 Å². The van der Waals surface area contributed by atoms with Crippen molar-refractivity contribution in [3.8, 4) is 11.1 Å². The number of hydrogen-bond donors (Lipinski definition) is 1. The zero-order chi connectivity index (χ0) is 14.7. The SMILES string of the molecule is O=C(Cc1cc(-c2ccccc2)cs1)C(=O)c1nc[nH]n1. The van der Waals surface area contributed by atoms with Crippen LogP contribution in [0.2, 0.25) is 0 Å². The number of carbonyl (C=O) groups excluding carboxylic acids is 2. The number of ketones is 2. The minimum atomic E-state index is -0.661. The van der Waals surface area contributed by atoms with Crippen LogP contribution in [0.25, 0.3) is 11.1 Å². The number of aromatic amines is 1. The minimum absolute atomic E-state index is 0.0743. The maximum absolute atomic E-state index is 11.9. The van der Waals surface area contributed by atoms with E-state index in [1.807, 2.05) is 41.8 Å². The fourth-order valence-electron chi connectivity index (χ4n) is 1.94. The monoisotopic (exact) mass is 297 g/mol. The number of rotatable bonds is 5. The van der Waals surface area contributed by atoms with Gasteiger partial charge < -0.3 is 0 Å². The minimum Gasteiger partial charge on any atom is -0.290 e. The van der Waals surface area contributed by atoms with Crippen molar-refractivity contribution in [1.82, 2.24) is 15.2 Å². The van der Waals surface area contributed by atoms with Gasteiger partial charge in [0.1, 0.15) is 6.33 Å². The van der Waals surface area contributed by atoms with E-state index in [0.29, 0.717) is 0 Å². The van der Waals surface area contributed by atoms with Crippen LogP contribution in [0.1, 0.15) is 15.5 Å². The summed E-state index contributed by atoms with van der Waals surface area (Å²) in [6.45, 7) is 0. The predicted octanol–water partition coefficient (Wildman–Crippen LogP) is 2.53. The van der Waals surface area contributed by atoms with E-state index in [4.69, 9.17) is 0 Å². The standard InChI is InChI=1S/C15H11N3O2S/c19-13(14(20)15-16-9-17-18-15)7-12-6-11(8-21-12)10-4-2-1-3-5-10/h1-6,8-9H,7H2,(H,16,17,18). The Labute approximate surface area is 124 Å². The van der Waals surface area contributed by atoms with E-state index in [0.717, 1.165) is 16.0 Å². The smallest absolute Gasteiger partial charge is 0.267 e. The highest BCUT2D eigenvalue weighted by Crippen LogP contribution is 2.25. The quantitative estimate of drug-likeness (QED) is 0.580. The summed E-state index contributed by atoms with van der Waals surface area (Å²) in [7, 11) is 0. The van der Waals surface area contributed by atoms with Gasteiger partial charge in [-0.3, -0.25) is 14.7 Å². The van der Waals surface area contributed by atoms with E-state index in [1.165, 1.54) is 17.7 Å². The Morgan fingerprint density at radius 2 is 1.95 bits per heavy atom. The van der Waals surface area contributed by atoms with Crippen LogP contribution in [0.15, 0.2) is 48.1 Å². The molecule has 0 radical (unpaired) electrons. The summed E-state index contributed by atoms with van der Waals surface area (Å²) < 4.78 is 0. The maximum atomic E-state index is 11.9. The number of Topliss-reactive ketones (excluding diaryl/α,β-unsaturated/α-hetero) is 2. The second-order valence-corrected chi connectivity index (χ2v) is 5.42. The van der Waals surface area contributed by atoms with Gasteiger partial charge in [0.25, 0.3) is 5.78 Å². The molecule has 0 saturated carbocycles. The Kier molecular flexibility index (Phi) is 3.70. The first-order valence-electron chi connectivity index (χ1n) is 6.30. The van der Waals surface area contributed by atoms with Crippen LogP contribution in [-0.4, -0.2) is 26.7 Å². The number of H-pyrrole nitrogens is 1.